The Morgan fingerprint density at radius 2 is 2.31 bits per heavy atom. The number of thiophene rings is 1. The number of nitrogens with zero attached hydrogens (tertiary/aromatic N) is 2. The van der Waals surface area contributed by atoms with Crippen LogP contribution in [0.3, 0.4) is 0 Å². The second-order valence-electron chi connectivity index (χ2n) is 3.48. The topological polar surface area (TPSA) is 67.6 Å². The minimum absolute atomic E-state index is 0.193. The molecule has 1 aromatic heterocycles. The lowest BCUT2D eigenvalue weighted by Crippen LogP contribution is -2.45. The highest BCUT2D eigenvalue weighted by Crippen LogP contribution is 2.22. The Hall–Kier alpha value is -1.02. The summed E-state index contributed by atoms with van der Waals surface area (Å²) in [6, 6.07) is 1.61. The predicted molar refractivity (Wildman–Crippen MR) is 60.2 cm³/mol. The molecule has 1 aliphatic heterocycles. The molecule has 88 valence electrons. The Labute approximate surface area is 96.9 Å². The molecule has 6 nitrogen and oxygen atoms in total. The Morgan fingerprint density at radius 1 is 1.56 bits per heavy atom. The molecule has 1 saturated heterocycles. The summed E-state index contributed by atoms with van der Waals surface area (Å²) in [5.41, 5.74) is 4.17. The van der Waals surface area contributed by atoms with E-state index in [1.807, 2.05) is 5.38 Å². The van der Waals surface area contributed by atoms with Crippen molar-refractivity contribution in [2.75, 3.05) is 26.3 Å². The largest absolute Gasteiger partial charge is 0.379 e. The van der Waals surface area contributed by atoms with Crippen molar-refractivity contribution in [2.45, 2.75) is 6.54 Å². The van der Waals surface area contributed by atoms with E-state index < -0.39 is 0 Å². The van der Waals surface area contributed by atoms with Gasteiger partial charge in [-0.05, 0) is 5.56 Å². The van der Waals surface area contributed by atoms with Gasteiger partial charge in [0.2, 0.25) is 0 Å². The lowest BCUT2D eigenvalue weighted by molar-refractivity contribution is -0.380. The number of nitrogens with one attached hydrogen (secondary N) is 1. The third-order valence-corrected chi connectivity index (χ3v) is 3.27. The van der Waals surface area contributed by atoms with E-state index in [1.54, 1.807) is 6.07 Å². The zero-order valence-corrected chi connectivity index (χ0v) is 9.53. The summed E-state index contributed by atoms with van der Waals surface area (Å²) >= 11 is 1.16. The first kappa shape index (κ1) is 11.5. The molecule has 0 aliphatic carbocycles. The van der Waals surface area contributed by atoms with Crippen LogP contribution in [0.4, 0.5) is 5.00 Å². The molecular weight excluding hydrogens is 230 g/mol. The van der Waals surface area contributed by atoms with E-state index >= 15 is 0 Å². The summed E-state index contributed by atoms with van der Waals surface area (Å²) in [5.74, 6) is 0. The van der Waals surface area contributed by atoms with Crippen LogP contribution < -0.4 is 5.43 Å². The second-order valence-corrected chi connectivity index (χ2v) is 4.37. The first-order valence-electron chi connectivity index (χ1n) is 5.04. The van der Waals surface area contributed by atoms with Gasteiger partial charge in [0.25, 0.3) is 0 Å². The van der Waals surface area contributed by atoms with Crippen molar-refractivity contribution in [1.82, 2.24) is 10.4 Å². The first-order valence-corrected chi connectivity index (χ1v) is 5.91. The molecule has 1 N–H and O–H groups in total. The molecule has 1 aliphatic rings. The Balaban J connectivity index is 1.81. The van der Waals surface area contributed by atoms with Crippen LogP contribution in [0, 0.1) is 10.1 Å². The van der Waals surface area contributed by atoms with Gasteiger partial charge in [-0.25, -0.2) is 5.01 Å². The Kier molecular flexibility index (Phi) is 3.83. The monoisotopic (exact) mass is 243 g/mol. The molecule has 2 rings (SSSR count). The van der Waals surface area contributed by atoms with Crippen molar-refractivity contribution in [3.8, 4) is 0 Å². The van der Waals surface area contributed by atoms with Crippen molar-refractivity contribution in [3.63, 3.8) is 0 Å². The first-order chi connectivity index (χ1) is 7.75. The van der Waals surface area contributed by atoms with Crippen molar-refractivity contribution in [2.24, 2.45) is 0 Å². The highest BCUT2D eigenvalue weighted by Gasteiger charge is 2.12. The van der Waals surface area contributed by atoms with Gasteiger partial charge in [-0.2, -0.15) is 0 Å². The maximum Gasteiger partial charge on any atom is 0.324 e. The van der Waals surface area contributed by atoms with Gasteiger partial charge >= 0.3 is 5.00 Å². The lowest BCUT2D eigenvalue weighted by atomic mass is 10.3. The van der Waals surface area contributed by atoms with Crippen LogP contribution in [0.25, 0.3) is 0 Å². The summed E-state index contributed by atoms with van der Waals surface area (Å²) in [4.78, 5) is 10.1. The van der Waals surface area contributed by atoms with Crippen LogP contribution in [0.5, 0.6) is 0 Å². The highest BCUT2D eigenvalue weighted by atomic mass is 32.1. The molecular formula is C9H13N3O3S. The van der Waals surface area contributed by atoms with Gasteiger partial charge in [0.05, 0.1) is 18.1 Å². The van der Waals surface area contributed by atoms with Crippen molar-refractivity contribution in [3.05, 3.63) is 27.1 Å². The highest BCUT2D eigenvalue weighted by molar-refractivity contribution is 7.13. The van der Waals surface area contributed by atoms with Gasteiger partial charge in [0.1, 0.15) is 0 Å². The number of morpholine rings is 1. The van der Waals surface area contributed by atoms with E-state index in [9.17, 15) is 10.1 Å². The molecule has 1 aromatic rings. The fourth-order valence-electron chi connectivity index (χ4n) is 1.48. The van der Waals surface area contributed by atoms with Crippen LogP contribution in [0.1, 0.15) is 5.56 Å². The molecule has 0 aromatic carbocycles. The number of nitro groups is 1. The molecule has 1 fully saturated rings. The quantitative estimate of drug-likeness (QED) is 0.631. The molecule has 0 atom stereocenters. The summed E-state index contributed by atoms with van der Waals surface area (Å²) in [6.07, 6.45) is 0. The van der Waals surface area contributed by atoms with Crippen LogP contribution in [0.15, 0.2) is 11.4 Å². The Morgan fingerprint density at radius 3 is 2.94 bits per heavy atom. The second kappa shape index (κ2) is 5.35. The maximum atomic E-state index is 10.5. The SMILES string of the molecule is O=[N+]([O-])c1cc(CNN2CCOCC2)cs1. The average Bonchev–Trinajstić information content (AvgIpc) is 2.76. The molecule has 0 bridgehead atoms. The lowest BCUT2D eigenvalue weighted by Gasteiger charge is -2.26. The van der Waals surface area contributed by atoms with Gasteiger partial charge in [0.15, 0.2) is 0 Å². The number of hydrazine groups is 1. The molecule has 0 unspecified atom stereocenters. The molecule has 16 heavy (non-hydrogen) atoms. The van der Waals surface area contributed by atoms with E-state index in [1.165, 1.54) is 0 Å². The van der Waals surface area contributed by atoms with E-state index in [0.29, 0.717) is 6.54 Å². The van der Waals surface area contributed by atoms with Gasteiger partial charge in [0, 0.05) is 31.1 Å². The summed E-state index contributed by atoms with van der Waals surface area (Å²) in [5, 5.41) is 14.6. The van der Waals surface area contributed by atoms with Gasteiger partial charge in [-0.1, -0.05) is 11.3 Å². The smallest absolute Gasteiger partial charge is 0.324 e. The van der Waals surface area contributed by atoms with Crippen molar-refractivity contribution >= 4 is 16.3 Å². The van der Waals surface area contributed by atoms with Crippen LogP contribution in [-0.2, 0) is 11.3 Å². The van der Waals surface area contributed by atoms with E-state index in [-0.39, 0.29) is 9.92 Å². The molecule has 0 spiro atoms. The standard InChI is InChI=1S/C9H13N3O3S/c13-12(14)9-5-8(7-16-9)6-10-11-1-3-15-4-2-11/h5,7,10H,1-4,6H2. The summed E-state index contributed by atoms with van der Waals surface area (Å²) in [6.45, 7) is 3.80. The fraction of sp³-hybridized carbons (Fsp3) is 0.556. The minimum Gasteiger partial charge on any atom is -0.379 e. The van der Waals surface area contributed by atoms with Gasteiger partial charge < -0.3 is 4.74 Å². The summed E-state index contributed by atoms with van der Waals surface area (Å²) in [7, 11) is 0. The predicted octanol–water partition coefficient (Wildman–Crippen LogP) is 0.993. The van der Waals surface area contributed by atoms with Crippen molar-refractivity contribution < 1.29 is 9.66 Å². The Bertz CT molecular complexity index is 363. The van der Waals surface area contributed by atoms with E-state index in [0.717, 1.165) is 43.2 Å². The maximum absolute atomic E-state index is 10.5. The van der Waals surface area contributed by atoms with E-state index in [4.69, 9.17) is 4.74 Å². The number of ether oxygens (including phenoxy) is 1. The van der Waals surface area contributed by atoms with Gasteiger partial charge in [-0.15, -0.1) is 0 Å². The number of hydrogen-bond donors (Lipinski definition) is 1. The average molecular weight is 243 g/mol. The van der Waals surface area contributed by atoms with Crippen LogP contribution in [-0.4, -0.2) is 36.2 Å². The number of hydrogen-bond acceptors (Lipinski definition) is 6. The zero-order valence-electron chi connectivity index (χ0n) is 8.72. The zero-order chi connectivity index (χ0) is 11.4. The molecule has 7 heteroatoms. The number of rotatable bonds is 4. The third-order valence-electron chi connectivity index (χ3n) is 2.34. The van der Waals surface area contributed by atoms with Crippen LogP contribution >= 0.6 is 11.3 Å². The summed E-state index contributed by atoms with van der Waals surface area (Å²) < 4.78 is 5.22. The van der Waals surface area contributed by atoms with Crippen molar-refractivity contribution in [1.29, 1.82) is 0 Å². The molecule has 0 radical (unpaired) electrons. The van der Waals surface area contributed by atoms with Crippen LogP contribution in [0.2, 0.25) is 0 Å². The molecule has 0 amide bonds. The molecule has 2 heterocycles. The minimum atomic E-state index is -0.358. The normalized spacial score (nSPS) is 17.5. The third kappa shape index (κ3) is 2.99. The van der Waals surface area contributed by atoms with E-state index in [2.05, 4.69) is 10.4 Å². The fourth-order valence-corrected chi connectivity index (χ4v) is 2.20. The molecule has 0 saturated carbocycles. The van der Waals surface area contributed by atoms with Gasteiger partial charge in [-0.3, -0.25) is 15.5 Å².